The Kier molecular flexibility index (Phi) is 9.28. The summed E-state index contributed by atoms with van der Waals surface area (Å²) in [6.45, 7) is 6.37. The van der Waals surface area contributed by atoms with Gasteiger partial charge in [-0.2, -0.15) is 4.72 Å². The second-order valence-corrected chi connectivity index (χ2v) is 13.1. The second-order valence-electron chi connectivity index (χ2n) is 9.75. The highest BCUT2D eigenvalue weighted by Crippen LogP contribution is 2.23. The molecule has 3 aliphatic rings. The second kappa shape index (κ2) is 12.2. The van der Waals surface area contributed by atoms with Crippen molar-refractivity contribution in [2.45, 2.75) is 44.7 Å². The first-order valence-corrected chi connectivity index (χ1v) is 15.4. The van der Waals surface area contributed by atoms with Gasteiger partial charge in [-0.1, -0.05) is 11.6 Å². The number of hydrogen-bond acceptors (Lipinski definition) is 7. The molecule has 10 nitrogen and oxygen atoms in total. The molecular formula is C24H34ClN5O5S2. The number of thiophene rings is 1. The van der Waals surface area contributed by atoms with E-state index in [2.05, 4.69) is 9.62 Å². The number of nitrogens with zero attached hydrogens (tertiary/aromatic N) is 4. The number of piperazine rings is 1. The summed E-state index contributed by atoms with van der Waals surface area (Å²) in [4.78, 5) is 46.0. The van der Waals surface area contributed by atoms with E-state index >= 15 is 0 Å². The molecule has 1 aromatic heterocycles. The van der Waals surface area contributed by atoms with Crippen LogP contribution in [0.1, 0.15) is 37.5 Å². The molecule has 1 N–H and O–H groups in total. The van der Waals surface area contributed by atoms with E-state index in [-0.39, 0.29) is 30.3 Å². The molecule has 37 heavy (non-hydrogen) atoms. The first-order valence-electron chi connectivity index (χ1n) is 12.6. The fourth-order valence-corrected chi connectivity index (χ4v) is 7.24. The fraction of sp³-hybridized carbons (Fsp3) is 0.625. The van der Waals surface area contributed by atoms with Crippen LogP contribution in [0, 0.1) is 0 Å². The van der Waals surface area contributed by atoms with Crippen molar-refractivity contribution < 1.29 is 22.8 Å². The van der Waals surface area contributed by atoms with Gasteiger partial charge in [0.15, 0.2) is 0 Å². The summed E-state index contributed by atoms with van der Waals surface area (Å²) in [6.07, 6.45) is 4.28. The Morgan fingerprint density at radius 2 is 1.84 bits per heavy atom. The minimum Gasteiger partial charge on any atom is -0.340 e. The topological polar surface area (TPSA) is 110 Å². The average Bonchev–Trinajstić information content (AvgIpc) is 3.49. The molecule has 0 saturated carbocycles. The number of amides is 3. The van der Waals surface area contributed by atoms with Crippen LogP contribution >= 0.6 is 22.9 Å². The van der Waals surface area contributed by atoms with Gasteiger partial charge in [0.25, 0.3) is 0 Å². The molecule has 3 amide bonds. The van der Waals surface area contributed by atoms with E-state index in [1.807, 2.05) is 9.80 Å². The quantitative estimate of drug-likeness (QED) is 0.505. The van der Waals surface area contributed by atoms with Crippen LogP contribution in [0.25, 0.3) is 6.08 Å². The van der Waals surface area contributed by atoms with Crippen molar-refractivity contribution in [2.75, 3.05) is 52.4 Å². The standard InChI is InChI=1S/C24H34ClN5O5S2/c1-18(31)28-13-11-27(12-14-28)16-19-4-2-10-30(19)23(32)17-29-9-3-5-21(24(29)33)26-37(34,35)15-8-20-6-7-22(25)36-20/h6-8,15,19,21,26H,2-5,9-14,16-17H2,1H3/t19-,21-/m0/s1. The smallest absolute Gasteiger partial charge is 0.242 e. The van der Waals surface area contributed by atoms with Crippen LogP contribution < -0.4 is 4.72 Å². The van der Waals surface area contributed by atoms with E-state index in [0.29, 0.717) is 48.2 Å². The van der Waals surface area contributed by atoms with Gasteiger partial charge >= 0.3 is 0 Å². The molecule has 204 valence electrons. The zero-order valence-corrected chi connectivity index (χ0v) is 23.4. The molecule has 0 unspecified atom stereocenters. The van der Waals surface area contributed by atoms with E-state index in [0.717, 1.165) is 37.9 Å². The van der Waals surface area contributed by atoms with E-state index in [1.54, 1.807) is 19.1 Å². The summed E-state index contributed by atoms with van der Waals surface area (Å²) in [5.74, 6) is -0.379. The summed E-state index contributed by atoms with van der Waals surface area (Å²) in [5.41, 5.74) is 0. The highest BCUT2D eigenvalue weighted by molar-refractivity contribution is 7.92. The number of piperidine rings is 1. The Hall–Kier alpha value is -1.99. The zero-order chi connectivity index (χ0) is 26.6. The molecule has 3 saturated heterocycles. The van der Waals surface area contributed by atoms with Crippen LogP contribution in [0.4, 0.5) is 0 Å². The summed E-state index contributed by atoms with van der Waals surface area (Å²) >= 11 is 7.14. The third-order valence-corrected chi connectivity index (χ3v) is 9.46. The molecule has 0 aromatic carbocycles. The van der Waals surface area contributed by atoms with Gasteiger partial charge in [-0.25, -0.2) is 8.42 Å². The molecule has 0 aliphatic carbocycles. The van der Waals surface area contributed by atoms with Gasteiger partial charge < -0.3 is 14.7 Å². The average molecular weight is 572 g/mol. The monoisotopic (exact) mass is 571 g/mol. The third-order valence-electron chi connectivity index (χ3n) is 7.15. The van der Waals surface area contributed by atoms with Crippen molar-refractivity contribution in [1.82, 2.24) is 24.3 Å². The molecule has 1 aromatic rings. The fourth-order valence-electron chi connectivity index (χ4n) is 5.17. The number of carbonyl (C=O) groups is 3. The Morgan fingerprint density at radius 3 is 2.51 bits per heavy atom. The molecule has 13 heteroatoms. The summed E-state index contributed by atoms with van der Waals surface area (Å²) in [5, 5.41) is 1.04. The highest BCUT2D eigenvalue weighted by Gasteiger charge is 2.36. The number of sulfonamides is 1. The first-order chi connectivity index (χ1) is 17.6. The third kappa shape index (κ3) is 7.53. The van der Waals surface area contributed by atoms with Crippen molar-refractivity contribution in [3.63, 3.8) is 0 Å². The number of nitrogens with one attached hydrogen (secondary N) is 1. The van der Waals surface area contributed by atoms with Crippen LogP contribution in [0.15, 0.2) is 17.5 Å². The number of halogens is 1. The molecule has 0 radical (unpaired) electrons. The Balaban J connectivity index is 1.30. The lowest BCUT2D eigenvalue weighted by atomic mass is 10.1. The maximum atomic E-state index is 13.2. The van der Waals surface area contributed by atoms with Gasteiger partial charge in [0.2, 0.25) is 27.7 Å². The molecule has 4 rings (SSSR count). The minimum atomic E-state index is -3.85. The maximum Gasteiger partial charge on any atom is 0.242 e. The van der Waals surface area contributed by atoms with Crippen LogP contribution in [0.3, 0.4) is 0 Å². The summed E-state index contributed by atoms with van der Waals surface area (Å²) in [7, 11) is -3.85. The lowest BCUT2D eigenvalue weighted by Crippen LogP contribution is -2.56. The summed E-state index contributed by atoms with van der Waals surface area (Å²) in [6, 6.07) is 2.59. The molecule has 4 heterocycles. The molecule has 0 bridgehead atoms. The van der Waals surface area contributed by atoms with Gasteiger partial charge in [0.05, 0.1) is 10.9 Å². The number of rotatable bonds is 8. The predicted molar refractivity (Wildman–Crippen MR) is 143 cm³/mol. The van der Waals surface area contributed by atoms with E-state index in [1.165, 1.54) is 22.3 Å². The van der Waals surface area contributed by atoms with Gasteiger partial charge in [-0.3, -0.25) is 19.3 Å². The molecular weight excluding hydrogens is 538 g/mol. The number of likely N-dealkylation sites (tertiary alicyclic amines) is 2. The van der Waals surface area contributed by atoms with Crippen LogP contribution in [0.2, 0.25) is 4.34 Å². The zero-order valence-electron chi connectivity index (χ0n) is 21.0. The molecule has 3 fully saturated rings. The minimum absolute atomic E-state index is 0.0464. The van der Waals surface area contributed by atoms with E-state index in [4.69, 9.17) is 11.6 Å². The van der Waals surface area contributed by atoms with Crippen molar-refractivity contribution >= 4 is 56.8 Å². The number of hydrogen-bond donors (Lipinski definition) is 1. The summed E-state index contributed by atoms with van der Waals surface area (Å²) < 4.78 is 28.1. The molecule has 3 aliphatic heterocycles. The van der Waals surface area contributed by atoms with Gasteiger partial charge in [-0.15, -0.1) is 11.3 Å². The van der Waals surface area contributed by atoms with Gasteiger partial charge in [0.1, 0.15) is 6.04 Å². The Bertz CT molecular complexity index is 1130. The predicted octanol–water partition coefficient (Wildman–Crippen LogP) is 1.44. The molecule has 2 atom stereocenters. The Morgan fingerprint density at radius 1 is 1.11 bits per heavy atom. The van der Waals surface area contributed by atoms with Gasteiger partial charge in [0, 0.05) is 69.1 Å². The first kappa shape index (κ1) is 28.0. The van der Waals surface area contributed by atoms with Crippen molar-refractivity contribution in [1.29, 1.82) is 0 Å². The van der Waals surface area contributed by atoms with E-state index in [9.17, 15) is 22.8 Å². The Labute approximate surface area is 227 Å². The number of carbonyl (C=O) groups excluding carboxylic acids is 3. The lowest BCUT2D eigenvalue weighted by molar-refractivity contribution is -0.143. The molecule has 0 spiro atoms. The highest BCUT2D eigenvalue weighted by atomic mass is 35.5. The van der Waals surface area contributed by atoms with Gasteiger partial charge in [-0.05, 0) is 43.9 Å². The lowest BCUT2D eigenvalue weighted by Gasteiger charge is -2.38. The van der Waals surface area contributed by atoms with E-state index < -0.39 is 16.1 Å². The van der Waals surface area contributed by atoms with Crippen molar-refractivity contribution in [3.05, 3.63) is 26.8 Å². The van der Waals surface area contributed by atoms with Crippen LogP contribution in [-0.2, 0) is 24.4 Å². The van der Waals surface area contributed by atoms with Crippen molar-refractivity contribution in [2.24, 2.45) is 0 Å². The normalized spacial score (nSPS) is 23.8. The van der Waals surface area contributed by atoms with Crippen molar-refractivity contribution in [3.8, 4) is 0 Å². The maximum absolute atomic E-state index is 13.2. The largest absolute Gasteiger partial charge is 0.340 e. The SMILES string of the molecule is CC(=O)N1CCN(C[C@@H]2CCCN2C(=O)CN2CCC[C@H](NS(=O)(=O)C=Cc3ccc(Cl)s3)C2=O)CC1. The van der Waals surface area contributed by atoms with Crippen LogP contribution in [-0.4, -0.2) is 110 Å². The van der Waals surface area contributed by atoms with Crippen LogP contribution in [0.5, 0.6) is 0 Å².